The number of benzene rings is 2. The minimum absolute atomic E-state index is 0.122. The van der Waals surface area contributed by atoms with Gasteiger partial charge in [-0.25, -0.2) is 4.79 Å². The molecule has 3 atom stereocenters. The van der Waals surface area contributed by atoms with Gasteiger partial charge in [0.25, 0.3) is 0 Å². The van der Waals surface area contributed by atoms with Crippen LogP contribution in [0, 0.1) is 0 Å². The Morgan fingerprint density at radius 3 is 2.43 bits per heavy atom. The average Bonchev–Trinajstić information content (AvgIpc) is 3.28. The van der Waals surface area contributed by atoms with Gasteiger partial charge < -0.3 is 14.4 Å². The van der Waals surface area contributed by atoms with E-state index in [0.717, 1.165) is 6.07 Å². The van der Waals surface area contributed by atoms with E-state index in [1.54, 1.807) is 24.3 Å². The molecule has 2 aliphatic rings. The van der Waals surface area contributed by atoms with Crippen LogP contribution in [0.5, 0.6) is 5.75 Å². The van der Waals surface area contributed by atoms with Crippen LogP contribution in [0.1, 0.15) is 24.4 Å². The summed E-state index contributed by atoms with van der Waals surface area (Å²) in [6.45, 7) is 0.251. The molecular formula is C23H20F6N2O4. The molecule has 2 aromatic rings. The first-order valence-electron chi connectivity index (χ1n) is 10.6. The van der Waals surface area contributed by atoms with Crippen molar-refractivity contribution < 1.29 is 45.4 Å². The highest BCUT2D eigenvalue weighted by Gasteiger charge is 2.60. The van der Waals surface area contributed by atoms with Gasteiger partial charge in [-0.2, -0.15) is 13.2 Å². The fraction of sp³-hybridized carbons (Fsp3) is 0.391. The van der Waals surface area contributed by atoms with Crippen molar-refractivity contribution in [3.8, 4) is 16.9 Å². The van der Waals surface area contributed by atoms with Crippen molar-refractivity contribution in [2.45, 2.75) is 43.1 Å². The molecule has 0 radical (unpaired) electrons. The third-order valence-corrected chi connectivity index (χ3v) is 6.19. The molecular weight excluding hydrogens is 482 g/mol. The highest BCUT2D eigenvalue weighted by Crippen LogP contribution is 2.43. The van der Waals surface area contributed by atoms with E-state index in [1.165, 1.54) is 30.1 Å². The maximum absolute atomic E-state index is 12.9. The molecule has 2 saturated heterocycles. The zero-order valence-corrected chi connectivity index (χ0v) is 18.2. The number of para-hydroxylation sites is 1. The van der Waals surface area contributed by atoms with Crippen molar-refractivity contribution in [3.05, 3.63) is 54.1 Å². The van der Waals surface area contributed by atoms with E-state index < -0.39 is 47.8 Å². The molecule has 6 nitrogen and oxygen atoms in total. The van der Waals surface area contributed by atoms with Gasteiger partial charge in [0.05, 0.1) is 0 Å². The lowest BCUT2D eigenvalue weighted by Gasteiger charge is -2.29. The number of nitrogens with one attached hydrogen (secondary N) is 1. The number of likely N-dealkylation sites (N-methyl/N-ethyl adjacent to an activating group) is 1. The first-order chi connectivity index (χ1) is 16.3. The van der Waals surface area contributed by atoms with Crippen molar-refractivity contribution in [2.75, 3.05) is 13.6 Å². The Bertz CT molecular complexity index is 1140. The Morgan fingerprint density at radius 1 is 1.09 bits per heavy atom. The SMILES string of the molecule is CN1CC[C@@]2(N[C@@H](c3cccc(-c4ccccc4OC(F)(F)F)c3)CC2OC(=O)C(F)(F)F)C1=O. The van der Waals surface area contributed by atoms with Crippen LogP contribution in [0.2, 0.25) is 0 Å². The molecule has 1 spiro atoms. The Balaban J connectivity index is 1.66. The van der Waals surface area contributed by atoms with Crippen LogP contribution in [0.3, 0.4) is 0 Å². The van der Waals surface area contributed by atoms with Gasteiger partial charge in [-0.05, 0) is 29.7 Å². The van der Waals surface area contributed by atoms with Crippen LogP contribution in [-0.4, -0.2) is 54.6 Å². The van der Waals surface area contributed by atoms with E-state index in [-0.39, 0.29) is 24.9 Å². The van der Waals surface area contributed by atoms with Crippen molar-refractivity contribution >= 4 is 11.9 Å². The Morgan fingerprint density at radius 2 is 1.80 bits per heavy atom. The number of amides is 1. The van der Waals surface area contributed by atoms with Crippen LogP contribution in [0.4, 0.5) is 26.3 Å². The van der Waals surface area contributed by atoms with Crippen LogP contribution in [-0.2, 0) is 14.3 Å². The number of nitrogens with zero attached hydrogens (tertiary/aromatic N) is 1. The van der Waals surface area contributed by atoms with E-state index in [2.05, 4.69) is 10.1 Å². The van der Waals surface area contributed by atoms with Crippen LogP contribution in [0.25, 0.3) is 11.1 Å². The number of hydrogen-bond donors (Lipinski definition) is 1. The fourth-order valence-electron chi connectivity index (χ4n) is 4.61. The van der Waals surface area contributed by atoms with E-state index in [4.69, 9.17) is 4.74 Å². The standard InChI is InChI=1S/C23H20F6N2O4/c1-31-10-9-21(19(31)32)18(34-20(33)22(24,25)26)12-16(30-21)14-6-4-5-13(11-14)15-7-2-3-8-17(15)35-23(27,28)29/h2-8,11,16,18,30H,9-10,12H2,1H3/t16-,18?,21+/m1/s1. The van der Waals surface area contributed by atoms with Gasteiger partial charge in [-0.3, -0.25) is 10.1 Å². The van der Waals surface area contributed by atoms with Crippen molar-refractivity contribution in [1.29, 1.82) is 0 Å². The normalized spacial score (nSPS) is 24.8. The summed E-state index contributed by atoms with van der Waals surface area (Å²) in [6, 6.07) is 11.1. The van der Waals surface area contributed by atoms with Gasteiger partial charge in [0.1, 0.15) is 17.4 Å². The topological polar surface area (TPSA) is 67.9 Å². The lowest BCUT2D eigenvalue weighted by atomic mass is 9.92. The number of hydrogen-bond acceptors (Lipinski definition) is 5. The summed E-state index contributed by atoms with van der Waals surface area (Å²) >= 11 is 0. The predicted octanol–water partition coefficient (Wildman–Crippen LogP) is 4.36. The van der Waals surface area contributed by atoms with Gasteiger partial charge >= 0.3 is 18.5 Å². The smallest absolute Gasteiger partial charge is 0.453 e. The van der Waals surface area contributed by atoms with E-state index >= 15 is 0 Å². The minimum Gasteiger partial charge on any atom is -0.453 e. The summed E-state index contributed by atoms with van der Waals surface area (Å²) in [5.41, 5.74) is -0.523. The maximum atomic E-state index is 12.9. The van der Waals surface area contributed by atoms with E-state index in [0.29, 0.717) is 11.1 Å². The summed E-state index contributed by atoms with van der Waals surface area (Å²) in [5.74, 6) is -3.31. The molecule has 188 valence electrons. The molecule has 0 bridgehead atoms. The molecule has 12 heteroatoms. The van der Waals surface area contributed by atoms with Crippen LogP contribution < -0.4 is 10.1 Å². The molecule has 0 aliphatic carbocycles. The van der Waals surface area contributed by atoms with E-state index in [1.807, 2.05) is 0 Å². The van der Waals surface area contributed by atoms with Gasteiger partial charge in [0.15, 0.2) is 0 Å². The number of rotatable bonds is 4. The number of ether oxygens (including phenoxy) is 2. The molecule has 1 amide bonds. The lowest BCUT2D eigenvalue weighted by Crippen LogP contribution is -2.55. The highest BCUT2D eigenvalue weighted by molar-refractivity contribution is 5.90. The average molecular weight is 502 g/mol. The van der Waals surface area contributed by atoms with Gasteiger partial charge in [0, 0.05) is 31.6 Å². The van der Waals surface area contributed by atoms with Crippen molar-refractivity contribution in [1.82, 2.24) is 10.2 Å². The number of carbonyl (C=O) groups excluding carboxylic acids is 2. The predicted molar refractivity (Wildman–Crippen MR) is 110 cm³/mol. The van der Waals surface area contributed by atoms with Gasteiger partial charge in [-0.1, -0.05) is 36.4 Å². The van der Waals surface area contributed by atoms with Gasteiger partial charge in [0.2, 0.25) is 5.91 Å². The second-order valence-electron chi connectivity index (χ2n) is 8.44. The molecule has 2 heterocycles. The first-order valence-corrected chi connectivity index (χ1v) is 10.6. The summed E-state index contributed by atoms with van der Waals surface area (Å²) in [6.07, 6.45) is -11.5. The summed E-state index contributed by atoms with van der Waals surface area (Å²) < 4.78 is 86.1. The fourth-order valence-corrected chi connectivity index (χ4v) is 4.61. The summed E-state index contributed by atoms with van der Waals surface area (Å²) in [4.78, 5) is 25.8. The molecule has 1 unspecified atom stereocenters. The molecule has 35 heavy (non-hydrogen) atoms. The van der Waals surface area contributed by atoms with Crippen molar-refractivity contribution in [2.24, 2.45) is 0 Å². The molecule has 1 N–H and O–H groups in total. The second-order valence-corrected chi connectivity index (χ2v) is 8.44. The van der Waals surface area contributed by atoms with Crippen LogP contribution >= 0.6 is 0 Å². The van der Waals surface area contributed by atoms with Crippen LogP contribution in [0.15, 0.2) is 48.5 Å². The third kappa shape index (κ3) is 4.93. The quantitative estimate of drug-likeness (QED) is 0.497. The molecule has 4 rings (SSSR count). The number of likely N-dealkylation sites (tertiary alicyclic amines) is 1. The summed E-state index contributed by atoms with van der Waals surface area (Å²) in [5, 5.41) is 3.05. The number of halogens is 6. The molecule has 2 fully saturated rings. The van der Waals surface area contributed by atoms with E-state index in [9.17, 15) is 35.9 Å². The minimum atomic E-state index is -5.23. The Kier molecular flexibility index (Phi) is 6.20. The highest BCUT2D eigenvalue weighted by atomic mass is 19.4. The molecule has 0 saturated carbocycles. The molecule has 0 aromatic heterocycles. The zero-order chi connectivity index (χ0) is 25.6. The van der Waals surface area contributed by atoms with Crippen molar-refractivity contribution in [3.63, 3.8) is 0 Å². The first kappa shape index (κ1) is 24.8. The Labute approximate surface area is 195 Å². The molecule has 2 aromatic carbocycles. The number of alkyl halides is 6. The maximum Gasteiger partial charge on any atom is 0.573 e. The zero-order valence-electron chi connectivity index (χ0n) is 18.2. The van der Waals surface area contributed by atoms with Gasteiger partial charge in [-0.15, -0.1) is 13.2 Å². The number of carbonyl (C=O) groups is 2. The summed E-state index contributed by atoms with van der Waals surface area (Å²) in [7, 11) is 1.49. The monoisotopic (exact) mass is 502 g/mol. The third-order valence-electron chi connectivity index (χ3n) is 6.19. The Hall–Kier alpha value is -3.28. The second kappa shape index (κ2) is 8.74. The molecule has 2 aliphatic heterocycles. The number of esters is 1. The lowest BCUT2D eigenvalue weighted by molar-refractivity contribution is -0.274. The largest absolute Gasteiger partial charge is 0.573 e.